The molecule has 2 rings (SSSR count). The Labute approximate surface area is 112 Å². The fourth-order valence-corrected chi connectivity index (χ4v) is 3.24. The molecule has 1 aliphatic rings. The molecule has 0 bridgehead atoms. The molecule has 0 radical (unpaired) electrons. The molecule has 94 valence electrons. The summed E-state index contributed by atoms with van der Waals surface area (Å²) in [6.45, 7) is 4.18. The quantitative estimate of drug-likeness (QED) is 0.923. The van der Waals surface area contributed by atoms with Gasteiger partial charge in [-0.3, -0.25) is 0 Å². The van der Waals surface area contributed by atoms with Gasteiger partial charge in [-0.2, -0.15) is 0 Å². The second-order valence-corrected chi connectivity index (χ2v) is 5.57. The van der Waals surface area contributed by atoms with Crippen LogP contribution in [0.5, 0.6) is 0 Å². The maximum atomic E-state index is 5.60. The van der Waals surface area contributed by atoms with Crippen molar-refractivity contribution in [3.63, 3.8) is 0 Å². The van der Waals surface area contributed by atoms with Gasteiger partial charge >= 0.3 is 0 Å². The van der Waals surface area contributed by atoms with Gasteiger partial charge in [-0.1, -0.05) is 28.9 Å². The number of benzene rings is 1. The van der Waals surface area contributed by atoms with Crippen LogP contribution in [-0.2, 0) is 6.42 Å². The number of rotatable bonds is 4. The molecule has 2 nitrogen and oxygen atoms in total. The van der Waals surface area contributed by atoms with Crippen molar-refractivity contribution in [2.45, 2.75) is 38.6 Å². The Balaban J connectivity index is 2.19. The molecule has 1 unspecified atom stereocenters. The van der Waals surface area contributed by atoms with E-state index >= 15 is 0 Å². The number of nitrogens with zero attached hydrogens (tertiary/aromatic N) is 1. The number of hydrogen-bond donors (Lipinski definition) is 1. The molecule has 3 heteroatoms. The lowest BCUT2D eigenvalue weighted by atomic mass is 10.1. The van der Waals surface area contributed by atoms with E-state index in [9.17, 15) is 0 Å². The second kappa shape index (κ2) is 5.87. The van der Waals surface area contributed by atoms with Crippen molar-refractivity contribution in [1.29, 1.82) is 0 Å². The molecule has 1 aromatic carbocycles. The molecule has 0 aromatic heterocycles. The molecule has 17 heavy (non-hydrogen) atoms. The van der Waals surface area contributed by atoms with Crippen LogP contribution in [0.3, 0.4) is 0 Å². The van der Waals surface area contributed by atoms with E-state index in [2.05, 4.69) is 46.0 Å². The van der Waals surface area contributed by atoms with E-state index in [0.29, 0.717) is 6.54 Å². The summed E-state index contributed by atoms with van der Waals surface area (Å²) in [6, 6.07) is 7.42. The average molecular weight is 297 g/mol. The summed E-state index contributed by atoms with van der Waals surface area (Å²) >= 11 is 3.65. The van der Waals surface area contributed by atoms with Gasteiger partial charge in [0.2, 0.25) is 0 Å². The molecule has 0 aliphatic carbocycles. The molecule has 1 saturated heterocycles. The zero-order valence-corrected chi connectivity index (χ0v) is 12.0. The molecule has 0 spiro atoms. The first-order chi connectivity index (χ1) is 8.26. The van der Waals surface area contributed by atoms with Gasteiger partial charge in [0.05, 0.1) is 0 Å². The highest BCUT2D eigenvalue weighted by molar-refractivity contribution is 9.10. The Morgan fingerprint density at radius 3 is 2.94 bits per heavy atom. The van der Waals surface area contributed by atoms with Gasteiger partial charge in [0.15, 0.2) is 0 Å². The maximum Gasteiger partial charge on any atom is 0.0380 e. The van der Waals surface area contributed by atoms with Gasteiger partial charge in [-0.05, 0) is 49.9 Å². The summed E-state index contributed by atoms with van der Waals surface area (Å²) in [5.41, 5.74) is 8.26. The van der Waals surface area contributed by atoms with E-state index in [1.807, 2.05) is 0 Å². The Morgan fingerprint density at radius 1 is 1.47 bits per heavy atom. The van der Waals surface area contributed by atoms with Crippen LogP contribution in [-0.4, -0.2) is 19.1 Å². The van der Waals surface area contributed by atoms with E-state index in [1.165, 1.54) is 41.5 Å². The first-order valence-electron chi connectivity index (χ1n) is 6.51. The van der Waals surface area contributed by atoms with Crippen molar-refractivity contribution in [2.24, 2.45) is 5.73 Å². The Hall–Kier alpha value is -0.540. The second-order valence-electron chi connectivity index (χ2n) is 4.71. The maximum absolute atomic E-state index is 5.60. The van der Waals surface area contributed by atoms with Gasteiger partial charge in [0.25, 0.3) is 0 Å². The molecule has 1 atom stereocenters. The average Bonchev–Trinajstić information content (AvgIpc) is 2.80. The van der Waals surface area contributed by atoms with Crippen LogP contribution in [0, 0.1) is 0 Å². The van der Waals surface area contributed by atoms with Crippen LogP contribution in [0.25, 0.3) is 0 Å². The topological polar surface area (TPSA) is 29.3 Å². The first-order valence-corrected chi connectivity index (χ1v) is 7.30. The number of hydrogen-bond acceptors (Lipinski definition) is 2. The molecule has 1 aliphatic heterocycles. The molecule has 2 N–H and O–H groups in total. The summed E-state index contributed by atoms with van der Waals surface area (Å²) in [5, 5.41) is 0. The summed E-state index contributed by atoms with van der Waals surface area (Å²) in [7, 11) is 0. The lowest BCUT2D eigenvalue weighted by molar-refractivity contribution is 0.645. The third kappa shape index (κ3) is 2.83. The van der Waals surface area contributed by atoms with E-state index < -0.39 is 0 Å². The lowest BCUT2D eigenvalue weighted by Gasteiger charge is -2.26. The van der Waals surface area contributed by atoms with Crippen molar-refractivity contribution in [3.05, 3.63) is 28.2 Å². The van der Waals surface area contributed by atoms with Gasteiger partial charge in [-0.15, -0.1) is 0 Å². The predicted molar refractivity (Wildman–Crippen MR) is 77.6 cm³/mol. The minimum atomic E-state index is 0.708. The van der Waals surface area contributed by atoms with Crippen molar-refractivity contribution in [3.8, 4) is 0 Å². The smallest absolute Gasteiger partial charge is 0.0380 e. The molecular formula is C14H21BrN2. The summed E-state index contributed by atoms with van der Waals surface area (Å²) in [6.07, 6.45) is 4.83. The zero-order chi connectivity index (χ0) is 12.3. The SMILES string of the molecule is CCC1CCCN1c1ccc(CCN)c(Br)c1. The molecule has 0 amide bonds. The van der Waals surface area contributed by atoms with Crippen LogP contribution in [0.2, 0.25) is 0 Å². The van der Waals surface area contributed by atoms with Gasteiger partial charge in [0.1, 0.15) is 0 Å². The third-order valence-corrected chi connectivity index (χ3v) is 4.37. The number of anilines is 1. The lowest BCUT2D eigenvalue weighted by Crippen LogP contribution is -2.28. The third-order valence-electron chi connectivity index (χ3n) is 3.63. The number of nitrogens with two attached hydrogens (primary N) is 1. The highest BCUT2D eigenvalue weighted by atomic mass is 79.9. The Morgan fingerprint density at radius 2 is 2.29 bits per heavy atom. The standard InChI is InChI=1S/C14H21BrN2/c1-2-12-4-3-9-17(12)13-6-5-11(7-8-16)14(15)10-13/h5-6,10,12H,2-4,7-9,16H2,1H3. The minimum Gasteiger partial charge on any atom is -0.369 e. The molecule has 1 heterocycles. The van der Waals surface area contributed by atoms with Crippen molar-refractivity contribution in [1.82, 2.24) is 0 Å². The first kappa shape index (κ1) is 12.9. The molecule has 0 saturated carbocycles. The van der Waals surface area contributed by atoms with Crippen LogP contribution >= 0.6 is 15.9 Å². The normalized spacial score (nSPS) is 19.9. The largest absolute Gasteiger partial charge is 0.369 e. The summed E-state index contributed by atoms with van der Waals surface area (Å²) < 4.78 is 1.20. The van der Waals surface area contributed by atoms with Gasteiger partial charge in [-0.25, -0.2) is 0 Å². The predicted octanol–water partition coefficient (Wildman–Crippen LogP) is 3.33. The molecular weight excluding hydrogens is 276 g/mol. The highest BCUT2D eigenvalue weighted by Crippen LogP contribution is 2.30. The van der Waals surface area contributed by atoms with Gasteiger partial charge in [0, 0.05) is 22.7 Å². The zero-order valence-electron chi connectivity index (χ0n) is 10.5. The Kier molecular flexibility index (Phi) is 4.46. The van der Waals surface area contributed by atoms with Crippen LogP contribution in [0.4, 0.5) is 5.69 Å². The molecule has 1 fully saturated rings. The summed E-state index contributed by atoms with van der Waals surface area (Å²) in [5.74, 6) is 0. The van der Waals surface area contributed by atoms with E-state index in [1.54, 1.807) is 0 Å². The van der Waals surface area contributed by atoms with Crippen molar-refractivity contribution in [2.75, 3.05) is 18.0 Å². The van der Waals surface area contributed by atoms with E-state index in [0.717, 1.165) is 12.5 Å². The minimum absolute atomic E-state index is 0.708. The Bertz CT molecular complexity index is 378. The molecule has 1 aromatic rings. The van der Waals surface area contributed by atoms with E-state index in [-0.39, 0.29) is 0 Å². The summed E-state index contributed by atoms with van der Waals surface area (Å²) in [4.78, 5) is 2.54. The van der Waals surface area contributed by atoms with E-state index in [4.69, 9.17) is 5.73 Å². The van der Waals surface area contributed by atoms with Crippen LogP contribution < -0.4 is 10.6 Å². The van der Waals surface area contributed by atoms with Crippen molar-refractivity contribution >= 4 is 21.6 Å². The fourth-order valence-electron chi connectivity index (χ4n) is 2.67. The fraction of sp³-hybridized carbons (Fsp3) is 0.571. The van der Waals surface area contributed by atoms with Crippen LogP contribution in [0.1, 0.15) is 31.7 Å². The number of halogens is 1. The highest BCUT2D eigenvalue weighted by Gasteiger charge is 2.23. The van der Waals surface area contributed by atoms with Crippen LogP contribution in [0.15, 0.2) is 22.7 Å². The monoisotopic (exact) mass is 296 g/mol. The van der Waals surface area contributed by atoms with Gasteiger partial charge < -0.3 is 10.6 Å². The van der Waals surface area contributed by atoms with Crippen molar-refractivity contribution < 1.29 is 0 Å².